The number of amides is 2. The lowest BCUT2D eigenvalue weighted by Crippen LogP contribution is -2.45. The minimum Gasteiger partial charge on any atom is -0.480 e. The summed E-state index contributed by atoms with van der Waals surface area (Å²) in [5.41, 5.74) is 10.2. The van der Waals surface area contributed by atoms with Gasteiger partial charge in [0.05, 0.1) is 0 Å². The van der Waals surface area contributed by atoms with Gasteiger partial charge in [-0.1, -0.05) is 30.3 Å². The third kappa shape index (κ3) is 16.0. The molecule has 0 bridgehead atoms. The third-order valence-electron chi connectivity index (χ3n) is 3.70. The van der Waals surface area contributed by atoms with Gasteiger partial charge in [0.15, 0.2) is 0 Å². The molecule has 0 radical (unpaired) electrons. The Hall–Kier alpha value is -3.38. The zero-order valence-electron chi connectivity index (χ0n) is 19.1. The van der Waals surface area contributed by atoms with Crippen LogP contribution in [0.5, 0.6) is 0 Å². The van der Waals surface area contributed by atoms with Gasteiger partial charge in [0.2, 0.25) is 0 Å². The van der Waals surface area contributed by atoms with E-state index in [0.717, 1.165) is 5.56 Å². The van der Waals surface area contributed by atoms with Crippen LogP contribution in [0.4, 0.5) is 9.59 Å². The second-order valence-electron chi connectivity index (χ2n) is 7.84. The van der Waals surface area contributed by atoms with E-state index >= 15 is 0 Å². The first kappa shape index (κ1) is 29.6. The van der Waals surface area contributed by atoms with E-state index in [1.54, 1.807) is 20.8 Å². The number of rotatable bonds is 10. The molecule has 2 amide bonds. The average molecular weight is 471 g/mol. The number of ether oxygens (including phenoxy) is 2. The van der Waals surface area contributed by atoms with Crippen molar-refractivity contribution in [3.63, 3.8) is 0 Å². The van der Waals surface area contributed by atoms with Crippen molar-refractivity contribution in [1.29, 1.82) is 0 Å². The number of carboxylic acid groups (broad SMARTS) is 2. The topological polar surface area (TPSA) is 203 Å². The molecule has 0 fully saturated rings. The summed E-state index contributed by atoms with van der Waals surface area (Å²) in [5.74, 6) is -2.21. The summed E-state index contributed by atoms with van der Waals surface area (Å²) >= 11 is 0. The lowest BCUT2D eigenvalue weighted by Gasteiger charge is -2.22. The second-order valence-corrected chi connectivity index (χ2v) is 7.84. The average Bonchev–Trinajstić information content (AvgIpc) is 2.71. The molecule has 0 aliphatic heterocycles. The van der Waals surface area contributed by atoms with Crippen molar-refractivity contribution in [2.45, 2.75) is 57.9 Å². The molecule has 12 heteroatoms. The van der Waals surface area contributed by atoms with E-state index in [-0.39, 0.29) is 19.6 Å². The van der Waals surface area contributed by atoms with Crippen molar-refractivity contribution in [2.24, 2.45) is 11.5 Å². The Labute approximate surface area is 192 Å². The number of aliphatic carboxylic acids is 2. The summed E-state index contributed by atoms with van der Waals surface area (Å²) in [7, 11) is 0. The molecule has 8 N–H and O–H groups in total. The molecular weight excluding hydrogens is 436 g/mol. The van der Waals surface area contributed by atoms with Crippen LogP contribution in [0.15, 0.2) is 30.3 Å². The highest BCUT2D eigenvalue weighted by atomic mass is 16.6. The minimum atomic E-state index is -1.22. The molecule has 0 unspecified atom stereocenters. The summed E-state index contributed by atoms with van der Waals surface area (Å²) in [6, 6.07) is 7.18. The van der Waals surface area contributed by atoms with Gasteiger partial charge in [-0.15, -0.1) is 0 Å². The number of alkyl carbamates (subject to hydrolysis) is 2. The van der Waals surface area contributed by atoms with E-state index in [0.29, 0.717) is 13.0 Å². The SMILES string of the molecule is CC(C)(C)OC(=O)N[C@@H](CCNC(=O)OCc1ccccc1)C(=O)O.NCC[C@H](N)C(=O)O. The normalized spacial score (nSPS) is 12.3. The Morgan fingerprint density at radius 3 is 2.06 bits per heavy atom. The highest BCUT2D eigenvalue weighted by Crippen LogP contribution is 2.07. The van der Waals surface area contributed by atoms with Crippen molar-refractivity contribution < 1.29 is 38.9 Å². The van der Waals surface area contributed by atoms with Gasteiger partial charge in [0.1, 0.15) is 24.3 Å². The fourth-order valence-corrected chi connectivity index (χ4v) is 2.10. The van der Waals surface area contributed by atoms with Crippen LogP contribution in [0.1, 0.15) is 39.2 Å². The maximum absolute atomic E-state index is 11.6. The van der Waals surface area contributed by atoms with Gasteiger partial charge in [0.25, 0.3) is 0 Å². The van der Waals surface area contributed by atoms with Gasteiger partial charge in [0, 0.05) is 6.54 Å². The smallest absolute Gasteiger partial charge is 0.408 e. The van der Waals surface area contributed by atoms with Crippen molar-refractivity contribution in [3.05, 3.63) is 35.9 Å². The van der Waals surface area contributed by atoms with Crippen LogP contribution < -0.4 is 22.1 Å². The number of carboxylic acids is 2. The summed E-state index contributed by atoms with van der Waals surface area (Å²) in [5, 5.41) is 22.0. The summed E-state index contributed by atoms with van der Waals surface area (Å²) < 4.78 is 10.0. The summed E-state index contributed by atoms with van der Waals surface area (Å²) in [6.45, 7) is 5.49. The molecule has 2 atom stereocenters. The standard InChI is InChI=1S/C17H24N2O6.C4H10N2O2/c1-17(2,3)25-16(23)19-13(14(20)21)9-10-18-15(22)24-11-12-7-5-4-6-8-12;5-2-1-3(6)4(7)8/h4-8,13H,9-11H2,1-3H3,(H,18,22)(H,19,23)(H,20,21);3H,1-2,5-6H2,(H,7,8)/t13-;3-/m00/s1. The summed E-state index contributed by atoms with van der Waals surface area (Å²) in [4.78, 5) is 44.3. The Morgan fingerprint density at radius 2 is 1.61 bits per heavy atom. The Morgan fingerprint density at radius 1 is 1.00 bits per heavy atom. The van der Waals surface area contributed by atoms with E-state index in [1.807, 2.05) is 30.3 Å². The number of nitrogens with two attached hydrogens (primary N) is 2. The van der Waals surface area contributed by atoms with Crippen molar-refractivity contribution >= 4 is 24.1 Å². The number of nitrogens with one attached hydrogen (secondary N) is 2. The molecule has 33 heavy (non-hydrogen) atoms. The first-order chi connectivity index (χ1) is 15.4. The fourth-order valence-electron chi connectivity index (χ4n) is 2.10. The van der Waals surface area contributed by atoms with Crippen LogP contribution in [0.25, 0.3) is 0 Å². The lowest BCUT2D eigenvalue weighted by atomic mass is 10.2. The van der Waals surface area contributed by atoms with E-state index in [9.17, 15) is 19.2 Å². The molecule has 0 aliphatic rings. The zero-order chi connectivity index (χ0) is 25.4. The highest BCUT2D eigenvalue weighted by Gasteiger charge is 2.23. The van der Waals surface area contributed by atoms with Gasteiger partial charge in [-0.25, -0.2) is 14.4 Å². The van der Waals surface area contributed by atoms with E-state index in [2.05, 4.69) is 10.6 Å². The van der Waals surface area contributed by atoms with Crippen molar-refractivity contribution in [1.82, 2.24) is 10.6 Å². The summed E-state index contributed by atoms with van der Waals surface area (Å²) in [6.07, 6.45) is -1.15. The third-order valence-corrected chi connectivity index (χ3v) is 3.70. The van der Waals surface area contributed by atoms with Gasteiger partial charge in [-0.05, 0) is 45.7 Å². The molecule has 0 heterocycles. The van der Waals surface area contributed by atoms with Crippen LogP contribution in [-0.2, 0) is 25.7 Å². The van der Waals surface area contributed by atoms with Crippen LogP contribution in [0.2, 0.25) is 0 Å². The lowest BCUT2D eigenvalue weighted by molar-refractivity contribution is -0.140. The van der Waals surface area contributed by atoms with Gasteiger partial charge >= 0.3 is 24.1 Å². The van der Waals surface area contributed by atoms with Crippen molar-refractivity contribution in [3.8, 4) is 0 Å². The maximum atomic E-state index is 11.6. The second kappa shape index (κ2) is 15.4. The Bertz CT molecular complexity index is 752. The van der Waals surface area contributed by atoms with E-state index in [1.165, 1.54) is 0 Å². The van der Waals surface area contributed by atoms with E-state index < -0.39 is 41.8 Å². The number of hydrogen-bond donors (Lipinski definition) is 6. The Kier molecular flexibility index (Phi) is 13.8. The molecule has 0 aliphatic carbocycles. The predicted molar refractivity (Wildman–Crippen MR) is 119 cm³/mol. The predicted octanol–water partition coefficient (Wildman–Crippen LogP) is 1.03. The van der Waals surface area contributed by atoms with Crippen LogP contribution in [0.3, 0.4) is 0 Å². The maximum Gasteiger partial charge on any atom is 0.408 e. The molecule has 1 rings (SSSR count). The quantitative estimate of drug-likeness (QED) is 0.286. The number of benzene rings is 1. The molecule has 12 nitrogen and oxygen atoms in total. The van der Waals surface area contributed by atoms with Crippen molar-refractivity contribution in [2.75, 3.05) is 13.1 Å². The number of carbonyl (C=O) groups is 4. The van der Waals surface area contributed by atoms with Crippen LogP contribution in [-0.4, -0.2) is 65.1 Å². The number of hydrogen-bond acceptors (Lipinski definition) is 8. The van der Waals surface area contributed by atoms with Gasteiger partial charge < -0.3 is 41.8 Å². The van der Waals surface area contributed by atoms with Gasteiger partial charge in [-0.2, -0.15) is 0 Å². The molecule has 0 saturated heterocycles. The number of carbonyl (C=O) groups excluding carboxylic acids is 2. The molecule has 1 aromatic rings. The van der Waals surface area contributed by atoms with Gasteiger partial charge in [-0.3, -0.25) is 4.79 Å². The molecular formula is C21H34N4O8. The first-order valence-electron chi connectivity index (χ1n) is 10.2. The first-order valence-corrected chi connectivity index (χ1v) is 10.2. The molecule has 0 saturated carbocycles. The van der Waals surface area contributed by atoms with Crippen LogP contribution in [0, 0.1) is 0 Å². The molecule has 0 spiro atoms. The monoisotopic (exact) mass is 470 g/mol. The Balaban J connectivity index is 0.00000109. The molecule has 186 valence electrons. The highest BCUT2D eigenvalue weighted by molar-refractivity contribution is 5.80. The molecule has 0 aromatic heterocycles. The van der Waals surface area contributed by atoms with Crippen LogP contribution >= 0.6 is 0 Å². The molecule has 1 aromatic carbocycles. The zero-order valence-corrected chi connectivity index (χ0v) is 19.1. The van der Waals surface area contributed by atoms with E-state index in [4.69, 9.17) is 31.2 Å². The fraction of sp³-hybridized carbons (Fsp3) is 0.524. The minimum absolute atomic E-state index is 0.00495. The largest absolute Gasteiger partial charge is 0.480 e.